The smallest absolute Gasteiger partial charge is 0.362 e. The second-order valence-corrected chi connectivity index (χ2v) is 10.9. The Bertz CT molecular complexity index is 1220. The van der Waals surface area contributed by atoms with E-state index in [-0.39, 0.29) is 0 Å². The zero-order valence-electron chi connectivity index (χ0n) is 24.9. The Morgan fingerprint density at radius 3 is 0.614 bits per heavy atom. The number of hydrogen-bond acceptors (Lipinski definition) is 3. The fraction of sp³-hybridized carbons (Fsp3) is 1.00. The van der Waals surface area contributed by atoms with Crippen LogP contribution in [0, 0.1) is 0 Å². The Morgan fingerprint density at radius 1 is 0.316 bits per heavy atom. The molecule has 57 heavy (non-hydrogen) atoms. The lowest BCUT2D eigenvalue weighted by Crippen LogP contribution is -2.75. The number of alkyl halides is 34. The lowest BCUT2D eigenvalue weighted by Gasteiger charge is -2.46. The first kappa shape index (κ1) is 52.5. The van der Waals surface area contributed by atoms with Gasteiger partial charge in [-0.1, -0.05) is 0 Å². The summed E-state index contributed by atoms with van der Waals surface area (Å²) < 4.78 is 463. The summed E-state index contributed by atoms with van der Waals surface area (Å²) in [4.78, 5) is -9.76. The topological polar surface area (TPSA) is 15.7 Å². The molecule has 1 saturated heterocycles. The number of rotatable bonds is 14. The van der Waals surface area contributed by atoms with Crippen molar-refractivity contribution in [2.75, 3.05) is 0 Å². The maximum Gasteiger partial charge on any atom is 0.461 e. The molecule has 0 N–H and O–H groups in total. The van der Waals surface area contributed by atoms with Crippen molar-refractivity contribution in [1.82, 2.24) is 9.80 Å². The van der Waals surface area contributed by atoms with Crippen LogP contribution >= 0.6 is 0 Å². The molecule has 0 radical (unpaired) electrons. The number of halogens is 34. The molecule has 0 saturated carbocycles. The van der Waals surface area contributed by atoms with E-state index in [0.717, 1.165) is 0 Å². The fourth-order valence-corrected chi connectivity index (χ4v) is 4.06. The van der Waals surface area contributed by atoms with Crippen LogP contribution in [0.2, 0.25) is 0 Å². The lowest BCUT2D eigenvalue weighted by atomic mass is 10.0. The minimum Gasteiger partial charge on any atom is -0.362 e. The van der Waals surface area contributed by atoms with Crippen LogP contribution in [0.1, 0.15) is 12.8 Å². The number of nitrogens with zero attached hydrogens (tertiary/aromatic N) is 2. The zero-order chi connectivity index (χ0) is 46.6. The van der Waals surface area contributed by atoms with E-state index in [1.54, 1.807) is 0 Å². The Morgan fingerprint density at radius 2 is 0.474 bits per heavy atom. The van der Waals surface area contributed by atoms with Gasteiger partial charge in [0.1, 0.15) is 12.2 Å². The van der Waals surface area contributed by atoms with Crippen molar-refractivity contribution in [3.63, 3.8) is 0 Å². The van der Waals surface area contributed by atoms with Gasteiger partial charge in [0.05, 0.1) is 0 Å². The van der Waals surface area contributed by atoms with Gasteiger partial charge in [0.25, 0.3) is 0 Å². The first-order valence-electron chi connectivity index (χ1n) is 12.8. The molecule has 342 valence electrons. The summed E-state index contributed by atoms with van der Waals surface area (Å²) in [6, 6.07) is -35.5. The van der Waals surface area contributed by atoms with Gasteiger partial charge in [-0.15, -0.1) is 9.80 Å². The molecule has 37 heteroatoms. The zero-order valence-corrected chi connectivity index (χ0v) is 24.9. The maximum absolute atomic E-state index is 14.8. The quantitative estimate of drug-likeness (QED) is 0.128. The minimum atomic E-state index is -8.87. The first-order chi connectivity index (χ1) is 24.3. The van der Waals surface area contributed by atoms with Crippen molar-refractivity contribution >= 4 is 0 Å². The van der Waals surface area contributed by atoms with Crippen molar-refractivity contribution in [2.45, 2.75) is 122 Å². The summed E-state index contributed by atoms with van der Waals surface area (Å²) in [7, 11) is 0. The highest BCUT2D eigenvalue weighted by Crippen LogP contribution is 2.61. The summed E-state index contributed by atoms with van der Waals surface area (Å²) in [5.74, 6) is -49.5. The monoisotopic (exact) mass is 938 g/mol. The van der Waals surface area contributed by atoms with Crippen molar-refractivity contribution in [2.24, 2.45) is 0 Å². The molecule has 0 spiro atoms. The molecule has 1 aliphatic heterocycles. The Kier molecular flexibility index (Phi) is 12.9. The second-order valence-electron chi connectivity index (χ2n) is 10.9. The van der Waals surface area contributed by atoms with E-state index in [1.807, 2.05) is 0 Å². The van der Waals surface area contributed by atoms with Gasteiger partial charge >= 0.3 is 84.4 Å². The predicted octanol–water partition coefficient (Wildman–Crippen LogP) is 11.2. The van der Waals surface area contributed by atoms with Gasteiger partial charge in [0.15, 0.2) is 0 Å². The average Bonchev–Trinajstić information content (AvgIpc) is 3.46. The number of ether oxygens (including phenoxy) is 1. The van der Waals surface area contributed by atoms with Gasteiger partial charge in [-0.2, -0.15) is 140 Å². The Balaban J connectivity index is 4.03. The van der Waals surface area contributed by atoms with Crippen LogP contribution in [0.4, 0.5) is 149 Å². The lowest BCUT2D eigenvalue weighted by molar-refractivity contribution is -0.480. The summed E-state index contributed by atoms with van der Waals surface area (Å²) in [6.07, 6.45) is -62.9. The van der Waals surface area contributed by atoms with Gasteiger partial charge in [0, 0.05) is 0 Å². The molecule has 0 aliphatic carbocycles. The van der Waals surface area contributed by atoms with Crippen molar-refractivity contribution in [3.8, 4) is 0 Å². The highest BCUT2D eigenvalue weighted by Gasteiger charge is 2.89. The van der Waals surface area contributed by atoms with E-state index in [1.165, 1.54) is 0 Å². The van der Waals surface area contributed by atoms with Crippen molar-refractivity contribution in [3.05, 3.63) is 0 Å². The molecule has 1 heterocycles. The van der Waals surface area contributed by atoms with E-state index in [4.69, 9.17) is 0 Å². The normalized spacial score (nSPS) is 21.5. The standard InChI is InChI=1S/C20H8F34N2O/c21-5(55(17(47,48)9(27,28)13(35,36)37)18(49,50)10(29,30)14(38,39)40)7(23,24)3-1-2-4(57-3)8(25,26)6(22)56(19(51,52)11(31,32)15(41,42)43)20(53,54)12(33,34)16(44,45)46/h3-6H,1-2H2. The van der Waals surface area contributed by atoms with Crippen LogP contribution in [0.25, 0.3) is 0 Å². The molecule has 1 rings (SSSR count). The second kappa shape index (κ2) is 14.0. The third-order valence-electron chi connectivity index (χ3n) is 7.11. The van der Waals surface area contributed by atoms with Crippen LogP contribution in [-0.4, -0.2) is 119 Å². The molecule has 0 bridgehead atoms. The third kappa shape index (κ3) is 7.84. The summed E-state index contributed by atoms with van der Waals surface area (Å²) in [5, 5.41) is 0. The third-order valence-corrected chi connectivity index (χ3v) is 7.11. The first-order valence-corrected chi connectivity index (χ1v) is 12.8. The van der Waals surface area contributed by atoms with E-state index >= 15 is 0 Å². The average molecular weight is 938 g/mol. The fourth-order valence-electron chi connectivity index (χ4n) is 4.06. The van der Waals surface area contributed by atoms with Crippen LogP contribution in [-0.2, 0) is 4.74 Å². The van der Waals surface area contributed by atoms with Crippen LogP contribution in [0.15, 0.2) is 0 Å². The SMILES string of the molecule is FC(N(C(F)(F)C(F)(F)C(F)(F)F)C(F)(F)C(F)(F)C(F)(F)F)C(F)(F)C1CCC(C(F)(F)C(F)N(C(F)(F)C(F)(F)C(F)(F)F)C(F)(F)C(F)(F)C(F)(F)F)O1. The molecule has 4 atom stereocenters. The molecule has 4 unspecified atom stereocenters. The molecule has 0 amide bonds. The van der Waals surface area contributed by atoms with E-state index in [9.17, 15) is 149 Å². The van der Waals surface area contributed by atoms with Crippen molar-refractivity contribution < 1.29 is 154 Å². The highest BCUT2D eigenvalue weighted by molar-refractivity contribution is 5.07. The molecule has 0 aromatic rings. The van der Waals surface area contributed by atoms with Gasteiger partial charge in [-0.3, -0.25) is 0 Å². The highest BCUT2D eigenvalue weighted by atomic mass is 19.5. The Hall–Kier alpha value is -2.50. The van der Waals surface area contributed by atoms with E-state index < -0.39 is 132 Å². The van der Waals surface area contributed by atoms with Gasteiger partial charge in [0.2, 0.25) is 12.6 Å². The van der Waals surface area contributed by atoms with Crippen LogP contribution in [0.3, 0.4) is 0 Å². The Labute approximate surface area is 287 Å². The molecular formula is C20H8F34N2O. The molecule has 0 aromatic heterocycles. The van der Waals surface area contributed by atoms with Gasteiger partial charge in [-0.25, -0.2) is 8.78 Å². The van der Waals surface area contributed by atoms with Gasteiger partial charge < -0.3 is 4.74 Å². The molecular weight excluding hydrogens is 930 g/mol. The summed E-state index contributed by atoms with van der Waals surface area (Å²) in [6.45, 7) is 0. The minimum absolute atomic E-state index is 2.89. The van der Waals surface area contributed by atoms with Crippen molar-refractivity contribution in [1.29, 1.82) is 0 Å². The summed E-state index contributed by atoms with van der Waals surface area (Å²) >= 11 is 0. The summed E-state index contributed by atoms with van der Waals surface area (Å²) in [5.41, 5.74) is 0. The van der Waals surface area contributed by atoms with Gasteiger partial charge in [-0.05, 0) is 12.8 Å². The van der Waals surface area contributed by atoms with Crippen LogP contribution < -0.4 is 0 Å². The van der Waals surface area contributed by atoms with Crippen LogP contribution in [0.5, 0.6) is 0 Å². The number of hydrogen-bond donors (Lipinski definition) is 0. The molecule has 3 nitrogen and oxygen atoms in total. The molecule has 0 aromatic carbocycles. The van der Waals surface area contributed by atoms with E-state index in [2.05, 4.69) is 4.74 Å². The van der Waals surface area contributed by atoms with E-state index in [0.29, 0.717) is 0 Å². The molecule has 1 fully saturated rings. The molecule has 1 aliphatic rings. The predicted molar refractivity (Wildman–Crippen MR) is 105 cm³/mol. The maximum atomic E-state index is 14.8. The largest absolute Gasteiger partial charge is 0.461 e.